The Hall–Kier alpha value is -4.15. The first-order chi connectivity index (χ1) is 21.4. The molecule has 5 rings (SSSR count). The number of nitrogens with zero attached hydrogens (tertiary/aromatic N) is 2. The molecule has 2 aromatic carbocycles. The number of likely N-dealkylation sites (N-methyl/N-ethyl adjacent to an activating group) is 1. The maximum Gasteiger partial charge on any atom is 0.255 e. The molecule has 45 heavy (non-hydrogen) atoms. The SMILES string of the molecule is CCCCN(CCCC)c1cccc(-c2ccc(O)c3c2C[C@H]2C[C@H]4[C@H](N(C)C)C(=O)C(C(N)=O)=C(O)[C@@]4(O)C(=O)C2=C3O)c1. The average Bonchev–Trinajstić information content (AvgIpc) is 2.99. The summed E-state index contributed by atoms with van der Waals surface area (Å²) >= 11 is 0. The van der Waals surface area contributed by atoms with E-state index in [-0.39, 0.29) is 29.7 Å². The highest BCUT2D eigenvalue weighted by atomic mass is 16.3. The lowest BCUT2D eigenvalue weighted by Gasteiger charge is -2.50. The Morgan fingerprint density at radius 3 is 2.29 bits per heavy atom. The van der Waals surface area contributed by atoms with E-state index in [1.54, 1.807) is 20.2 Å². The number of ketones is 2. The van der Waals surface area contributed by atoms with E-state index in [1.165, 1.54) is 11.0 Å². The summed E-state index contributed by atoms with van der Waals surface area (Å²) in [5.41, 5.74) is 5.25. The van der Waals surface area contributed by atoms with Crippen LogP contribution in [0.15, 0.2) is 53.3 Å². The number of rotatable bonds is 10. The van der Waals surface area contributed by atoms with E-state index >= 15 is 0 Å². The molecule has 1 amide bonds. The van der Waals surface area contributed by atoms with Crippen molar-refractivity contribution >= 4 is 28.9 Å². The summed E-state index contributed by atoms with van der Waals surface area (Å²) in [5.74, 6) is -6.62. The molecule has 0 spiro atoms. The van der Waals surface area contributed by atoms with Gasteiger partial charge < -0.3 is 31.1 Å². The van der Waals surface area contributed by atoms with Crippen LogP contribution in [0.3, 0.4) is 0 Å². The summed E-state index contributed by atoms with van der Waals surface area (Å²) in [7, 11) is 3.17. The van der Waals surface area contributed by atoms with Gasteiger partial charge in [-0.3, -0.25) is 19.3 Å². The number of carbonyl (C=O) groups is 3. The van der Waals surface area contributed by atoms with E-state index in [1.807, 2.05) is 12.1 Å². The van der Waals surface area contributed by atoms with E-state index in [0.29, 0.717) is 5.56 Å². The Morgan fingerprint density at radius 1 is 1.02 bits per heavy atom. The number of amides is 1. The van der Waals surface area contributed by atoms with E-state index in [9.17, 15) is 34.8 Å². The molecule has 0 heterocycles. The van der Waals surface area contributed by atoms with Gasteiger partial charge in [0.25, 0.3) is 5.91 Å². The molecule has 2 aromatic rings. The highest BCUT2D eigenvalue weighted by Gasteiger charge is 2.64. The number of phenols is 1. The van der Waals surface area contributed by atoms with Gasteiger partial charge in [-0.15, -0.1) is 0 Å². The maximum absolute atomic E-state index is 14.1. The molecule has 1 saturated carbocycles. The van der Waals surface area contributed by atoms with E-state index in [2.05, 4.69) is 30.9 Å². The number of Topliss-reactive ketones (excluding diaryl/α,β-unsaturated/α-hetero) is 2. The monoisotopic (exact) mass is 617 g/mol. The number of nitrogens with two attached hydrogens (primary N) is 1. The lowest BCUT2D eigenvalue weighted by molar-refractivity contribution is -0.153. The zero-order valence-corrected chi connectivity index (χ0v) is 26.3. The third-order valence-corrected chi connectivity index (χ3v) is 9.69. The lowest BCUT2D eigenvalue weighted by Crippen LogP contribution is -2.65. The third-order valence-electron chi connectivity index (χ3n) is 9.69. The standard InChI is InChI=1S/C35H43N3O7/c1-5-7-14-38(15-8-6-2)21-11-9-10-19(16-21)22-12-13-25(39)27-23(22)17-20-18-24-29(37(3)4)31(41)28(34(36)44)33(43)35(24,45)32(42)26(20)30(27)40/h9-13,16,20,24,29,39-40,43,45H,5-8,14-15,17-18H2,1-4H3,(H2,36,44)/t20-,24-,29-,35-/m0/s1. The quantitative estimate of drug-likeness (QED) is 0.248. The van der Waals surface area contributed by atoms with Crippen LogP contribution < -0.4 is 10.6 Å². The largest absolute Gasteiger partial charge is 0.508 e. The number of hydrogen-bond donors (Lipinski definition) is 5. The predicted molar refractivity (Wildman–Crippen MR) is 172 cm³/mol. The zero-order chi connectivity index (χ0) is 32.8. The number of primary amides is 1. The molecule has 4 atom stereocenters. The van der Waals surface area contributed by atoms with Crippen LogP contribution in [0, 0.1) is 11.8 Å². The summed E-state index contributed by atoms with van der Waals surface area (Å²) in [4.78, 5) is 43.6. The highest BCUT2D eigenvalue weighted by molar-refractivity contribution is 6.24. The number of carbonyl (C=O) groups excluding carboxylic acids is 3. The Kier molecular flexibility index (Phi) is 8.83. The number of aliphatic hydroxyl groups is 3. The van der Waals surface area contributed by atoms with Crippen molar-refractivity contribution in [2.45, 2.75) is 64.0 Å². The van der Waals surface area contributed by atoms with Gasteiger partial charge in [0.2, 0.25) is 5.78 Å². The Labute approximate surface area is 263 Å². The van der Waals surface area contributed by atoms with Crippen LogP contribution >= 0.6 is 0 Å². The van der Waals surface area contributed by atoms with Crippen LogP contribution in [0.4, 0.5) is 5.69 Å². The number of anilines is 1. The minimum absolute atomic E-state index is 0.0444. The fourth-order valence-corrected chi connectivity index (χ4v) is 7.45. The molecule has 1 fully saturated rings. The first-order valence-electron chi connectivity index (χ1n) is 15.7. The second-order valence-electron chi connectivity index (χ2n) is 12.7. The lowest BCUT2D eigenvalue weighted by atomic mass is 9.57. The second kappa shape index (κ2) is 12.3. The van der Waals surface area contributed by atoms with Crippen LogP contribution in [-0.4, -0.2) is 81.6 Å². The number of aliphatic hydroxyl groups excluding tert-OH is 2. The predicted octanol–water partition coefficient (Wildman–Crippen LogP) is 4.04. The van der Waals surface area contributed by atoms with Gasteiger partial charge in [0.05, 0.1) is 11.6 Å². The first kappa shape index (κ1) is 32.2. The molecule has 0 aromatic heterocycles. The van der Waals surface area contributed by atoms with Gasteiger partial charge in [-0.1, -0.05) is 44.9 Å². The van der Waals surface area contributed by atoms with E-state index in [0.717, 1.165) is 55.6 Å². The van der Waals surface area contributed by atoms with Gasteiger partial charge >= 0.3 is 0 Å². The summed E-state index contributed by atoms with van der Waals surface area (Å²) in [6.07, 6.45) is 4.57. The number of fused-ring (bicyclic) bond motifs is 3. The molecule has 6 N–H and O–H groups in total. The van der Waals surface area contributed by atoms with Crippen molar-refractivity contribution in [2.24, 2.45) is 17.6 Å². The number of benzene rings is 2. The fraction of sp³-hybridized carbons (Fsp3) is 0.457. The molecule has 3 aliphatic carbocycles. The van der Waals surface area contributed by atoms with Gasteiger partial charge in [-0.2, -0.15) is 0 Å². The molecule has 10 heteroatoms. The van der Waals surface area contributed by atoms with Crippen molar-refractivity contribution in [3.63, 3.8) is 0 Å². The molecule has 0 bridgehead atoms. The fourth-order valence-electron chi connectivity index (χ4n) is 7.45. The summed E-state index contributed by atoms with van der Waals surface area (Å²) in [6.45, 7) is 6.19. The molecular formula is C35H43N3O7. The Bertz CT molecular complexity index is 1600. The minimum atomic E-state index is -2.66. The van der Waals surface area contributed by atoms with Gasteiger partial charge in [-0.05, 0) is 80.6 Å². The van der Waals surface area contributed by atoms with Gasteiger partial charge in [0.1, 0.15) is 22.8 Å². The van der Waals surface area contributed by atoms with Crippen molar-refractivity contribution in [1.82, 2.24) is 4.90 Å². The number of unbranched alkanes of at least 4 members (excludes halogenated alkanes) is 2. The smallest absolute Gasteiger partial charge is 0.255 e. The molecule has 3 aliphatic rings. The number of aromatic hydroxyl groups is 1. The van der Waals surface area contributed by atoms with Crippen molar-refractivity contribution in [3.8, 4) is 16.9 Å². The molecule has 10 nitrogen and oxygen atoms in total. The summed E-state index contributed by atoms with van der Waals surface area (Å²) in [5, 5.41) is 45.5. The van der Waals surface area contributed by atoms with E-state index < -0.39 is 58.0 Å². The minimum Gasteiger partial charge on any atom is -0.508 e. The van der Waals surface area contributed by atoms with Gasteiger partial charge in [-0.25, -0.2) is 0 Å². The Balaban J connectivity index is 1.64. The van der Waals surface area contributed by atoms with Crippen molar-refractivity contribution < 1.29 is 34.8 Å². The molecule has 0 radical (unpaired) electrons. The van der Waals surface area contributed by atoms with E-state index in [4.69, 9.17) is 5.73 Å². The van der Waals surface area contributed by atoms with Crippen LogP contribution in [0.2, 0.25) is 0 Å². The normalized spacial score (nSPS) is 24.4. The topological polar surface area (TPSA) is 165 Å². The van der Waals surface area contributed by atoms with Gasteiger partial charge in [0.15, 0.2) is 11.4 Å². The summed E-state index contributed by atoms with van der Waals surface area (Å²) < 4.78 is 0. The number of phenolic OH excluding ortho intramolecular Hbond substituents is 1. The third kappa shape index (κ3) is 5.19. The molecule has 0 unspecified atom stereocenters. The second-order valence-corrected chi connectivity index (χ2v) is 12.7. The summed E-state index contributed by atoms with van der Waals surface area (Å²) in [6, 6.07) is 10.3. The maximum atomic E-state index is 14.1. The van der Waals surface area contributed by atoms with Crippen molar-refractivity contribution in [3.05, 3.63) is 64.4 Å². The van der Waals surface area contributed by atoms with Crippen LogP contribution in [0.1, 0.15) is 57.1 Å². The van der Waals surface area contributed by atoms with Crippen molar-refractivity contribution in [2.75, 3.05) is 32.1 Å². The first-order valence-corrected chi connectivity index (χ1v) is 15.7. The van der Waals surface area contributed by atoms with Crippen LogP contribution in [-0.2, 0) is 20.8 Å². The molecular weight excluding hydrogens is 574 g/mol. The van der Waals surface area contributed by atoms with Crippen LogP contribution in [0.25, 0.3) is 16.9 Å². The highest BCUT2D eigenvalue weighted by Crippen LogP contribution is 2.53. The van der Waals surface area contributed by atoms with Crippen LogP contribution in [0.5, 0.6) is 5.75 Å². The van der Waals surface area contributed by atoms with Crippen molar-refractivity contribution in [1.29, 1.82) is 0 Å². The zero-order valence-electron chi connectivity index (χ0n) is 26.3. The molecule has 0 aliphatic heterocycles. The molecule has 240 valence electrons. The molecule has 0 saturated heterocycles. The average molecular weight is 618 g/mol. The Morgan fingerprint density at radius 2 is 1.69 bits per heavy atom. The van der Waals surface area contributed by atoms with Gasteiger partial charge in [0, 0.05) is 30.3 Å². The number of hydrogen-bond acceptors (Lipinski definition) is 9.